The number of fused-ring (bicyclic) bond motifs is 1. The fourth-order valence-electron chi connectivity index (χ4n) is 5.63. The summed E-state index contributed by atoms with van der Waals surface area (Å²) < 4.78 is 42.0. The molecule has 3 aromatic carbocycles. The van der Waals surface area contributed by atoms with Crippen molar-refractivity contribution < 1.29 is 22.8 Å². The molecule has 10 heteroatoms. The Morgan fingerprint density at radius 2 is 1.58 bits per heavy atom. The van der Waals surface area contributed by atoms with Crippen LogP contribution in [0, 0.1) is 5.92 Å². The van der Waals surface area contributed by atoms with Crippen molar-refractivity contribution in [3.63, 3.8) is 0 Å². The molecule has 1 saturated carbocycles. The van der Waals surface area contributed by atoms with Crippen LogP contribution in [-0.4, -0.2) is 60.2 Å². The van der Waals surface area contributed by atoms with Crippen LogP contribution in [0.2, 0.25) is 0 Å². The van der Waals surface area contributed by atoms with Gasteiger partial charge in [0, 0.05) is 55.5 Å². The van der Waals surface area contributed by atoms with E-state index in [9.17, 15) is 22.8 Å². The van der Waals surface area contributed by atoms with E-state index in [-0.39, 0.29) is 29.6 Å². The van der Waals surface area contributed by atoms with E-state index in [2.05, 4.69) is 27.4 Å². The number of hydrogen-bond acceptors (Lipinski definition) is 5. The summed E-state index contributed by atoms with van der Waals surface area (Å²) in [5.41, 5.74) is 3.67. The van der Waals surface area contributed by atoms with E-state index in [1.165, 1.54) is 12.1 Å². The number of halogens is 3. The van der Waals surface area contributed by atoms with Gasteiger partial charge in [-0.1, -0.05) is 37.3 Å². The van der Waals surface area contributed by atoms with Gasteiger partial charge < -0.3 is 15.5 Å². The molecule has 3 aromatic rings. The summed E-state index contributed by atoms with van der Waals surface area (Å²) >= 11 is 0. The number of aliphatic imine (C=N–C) groups is 1. The highest BCUT2D eigenvalue weighted by molar-refractivity contribution is 6.11. The van der Waals surface area contributed by atoms with Crippen molar-refractivity contribution in [3.8, 4) is 11.1 Å². The summed E-state index contributed by atoms with van der Waals surface area (Å²) in [6.07, 6.45) is -2.68. The highest BCUT2D eigenvalue weighted by Gasteiger charge is 2.34. The number of alkyl halides is 3. The molecule has 1 aliphatic carbocycles. The molecule has 2 heterocycles. The van der Waals surface area contributed by atoms with Crippen LogP contribution in [0.5, 0.6) is 0 Å². The lowest BCUT2D eigenvalue weighted by Gasteiger charge is -2.34. The summed E-state index contributed by atoms with van der Waals surface area (Å²) in [4.78, 5) is 33.9. The van der Waals surface area contributed by atoms with Crippen LogP contribution in [-0.2, 0) is 24.1 Å². The Balaban J connectivity index is 1.11. The second kappa shape index (κ2) is 11.9. The van der Waals surface area contributed by atoms with Crippen LogP contribution in [0.1, 0.15) is 52.4 Å². The Bertz CT molecular complexity index is 1560. The summed E-state index contributed by atoms with van der Waals surface area (Å²) in [5.74, 6) is 0.254. The highest BCUT2D eigenvalue weighted by atomic mass is 19.4. The largest absolute Gasteiger partial charge is 0.416 e. The Morgan fingerprint density at radius 3 is 2.26 bits per heavy atom. The van der Waals surface area contributed by atoms with Gasteiger partial charge in [-0.25, -0.2) is 0 Å². The van der Waals surface area contributed by atoms with E-state index in [0.717, 1.165) is 73.9 Å². The molecule has 2 aliphatic heterocycles. The van der Waals surface area contributed by atoms with Gasteiger partial charge in [-0.15, -0.1) is 0 Å². The number of carbonyl (C=O) groups excluding carboxylic acids is 2. The van der Waals surface area contributed by atoms with Crippen molar-refractivity contribution in [2.24, 2.45) is 10.9 Å². The summed E-state index contributed by atoms with van der Waals surface area (Å²) in [5, 5.41) is 5.56. The molecule has 3 aliphatic rings. The molecular formula is C33H34F3N5O2. The molecule has 224 valence electrons. The number of likely N-dealkylation sites (N-methyl/N-ethyl adjacent to an activating group) is 1. The summed E-state index contributed by atoms with van der Waals surface area (Å²) in [7, 11) is 0. The first-order valence-electron chi connectivity index (χ1n) is 14.7. The van der Waals surface area contributed by atoms with E-state index in [1.807, 2.05) is 35.2 Å². The maximum Gasteiger partial charge on any atom is 0.416 e. The second-order valence-corrected chi connectivity index (χ2v) is 11.4. The monoisotopic (exact) mass is 589 g/mol. The molecule has 2 amide bonds. The number of benzene rings is 3. The van der Waals surface area contributed by atoms with Gasteiger partial charge in [-0.2, -0.15) is 13.2 Å². The minimum Gasteiger partial charge on any atom is -0.322 e. The average molecular weight is 590 g/mol. The second-order valence-electron chi connectivity index (χ2n) is 11.4. The Kier molecular flexibility index (Phi) is 8.07. The van der Waals surface area contributed by atoms with Crippen molar-refractivity contribution in [2.45, 2.75) is 39.0 Å². The molecule has 7 nitrogen and oxygen atoms in total. The molecule has 6 rings (SSSR count). The molecule has 0 aromatic heterocycles. The van der Waals surface area contributed by atoms with Crippen LogP contribution in [0.25, 0.3) is 11.1 Å². The molecule has 0 spiro atoms. The van der Waals surface area contributed by atoms with Gasteiger partial charge in [0.2, 0.25) is 5.91 Å². The van der Waals surface area contributed by atoms with Gasteiger partial charge in [0.15, 0.2) is 0 Å². The number of nitrogens with one attached hydrogen (secondary N) is 2. The fraction of sp³-hybridized carbons (Fsp3) is 0.364. The lowest BCUT2D eigenvalue weighted by Crippen LogP contribution is -2.45. The van der Waals surface area contributed by atoms with Crippen LogP contribution in [0.4, 0.5) is 18.9 Å². The zero-order valence-electron chi connectivity index (χ0n) is 24.0. The lowest BCUT2D eigenvalue weighted by atomic mass is 9.98. The zero-order chi connectivity index (χ0) is 30.1. The maximum absolute atomic E-state index is 14.0. The summed E-state index contributed by atoms with van der Waals surface area (Å²) in [6.45, 7) is 6.84. The standard InChI is InChI=1S/C33H34F3N5O2/c1-2-40-13-15-41(16-14-40)20-25-9-11-27(18-29(25)33(34,35)36)38-31(42)22-5-3-21(4-6-22)24-10-12-28-26(17-24)19-37-30(28)39-32(43)23-7-8-23/h3-6,9-12,17-18,23H,2,7-8,13-16,19-20H2,1H3,(H,38,42)(H,37,39,43). The molecule has 43 heavy (non-hydrogen) atoms. The SMILES string of the molecule is CCN1CCN(Cc2ccc(NC(=O)c3ccc(-c4ccc5c(c4)CN=C5NC(=O)C4CC4)cc3)cc2C(F)(F)F)CC1. The van der Waals surface area contributed by atoms with E-state index >= 15 is 0 Å². The molecule has 2 fully saturated rings. The fourth-order valence-corrected chi connectivity index (χ4v) is 5.63. The van der Waals surface area contributed by atoms with Gasteiger partial charge in [0.1, 0.15) is 5.84 Å². The van der Waals surface area contributed by atoms with Gasteiger partial charge in [0.25, 0.3) is 5.91 Å². The normalized spacial score (nSPS) is 17.3. The first-order chi connectivity index (χ1) is 20.7. The number of hydrogen-bond donors (Lipinski definition) is 2. The first kappa shape index (κ1) is 29.1. The topological polar surface area (TPSA) is 77.0 Å². The Hall–Kier alpha value is -4.02. The van der Waals surface area contributed by atoms with Crippen molar-refractivity contribution in [2.75, 3.05) is 38.0 Å². The van der Waals surface area contributed by atoms with E-state index in [1.54, 1.807) is 12.1 Å². The Morgan fingerprint density at radius 1 is 0.884 bits per heavy atom. The van der Waals surface area contributed by atoms with Crippen LogP contribution < -0.4 is 10.6 Å². The third-order valence-corrected chi connectivity index (χ3v) is 8.42. The smallest absolute Gasteiger partial charge is 0.322 e. The number of nitrogens with zero attached hydrogens (tertiary/aromatic N) is 3. The Labute approximate surface area is 248 Å². The minimum absolute atomic E-state index is 0.0242. The third-order valence-electron chi connectivity index (χ3n) is 8.42. The molecule has 1 saturated heterocycles. The molecule has 0 unspecified atom stereocenters. The van der Waals surface area contributed by atoms with Gasteiger partial charge >= 0.3 is 6.18 Å². The number of amidine groups is 1. The van der Waals surface area contributed by atoms with Gasteiger partial charge in [-0.3, -0.25) is 19.5 Å². The predicted molar refractivity (Wildman–Crippen MR) is 160 cm³/mol. The average Bonchev–Trinajstić information content (AvgIpc) is 3.79. The third kappa shape index (κ3) is 6.65. The maximum atomic E-state index is 14.0. The molecule has 0 radical (unpaired) electrons. The minimum atomic E-state index is -4.53. The quantitative estimate of drug-likeness (QED) is 0.379. The lowest BCUT2D eigenvalue weighted by molar-refractivity contribution is -0.138. The van der Waals surface area contributed by atoms with Crippen molar-refractivity contribution >= 4 is 23.3 Å². The molecule has 0 bridgehead atoms. The number of anilines is 1. The van der Waals surface area contributed by atoms with E-state index in [4.69, 9.17) is 0 Å². The first-order valence-corrected chi connectivity index (χ1v) is 14.7. The molecule has 0 atom stereocenters. The van der Waals surface area contributed by atoms with E-state index < -0.39 is 17.6 Å². The van der Waals surface area contributed by atoms with Crippen molar-refractivity contribution in [1.29, 1.82) is 0 Å². The molecular weight excluding hydrogens is 555 g/mol. The van der Waals surface area contributed by atoms with E-state index in [0.29, 0.717) is 17.9 Å². The zero-order valence-corrected chi connectivity index (χ0v) is 24.0. The number of rotatable bonds is 7. The predicted octanol–water partition coefficient (Wildman–Crippen LogP) is 5.55. The van der Waals surface area contributed by atoms with Gasteiger partial charge in [0.05, 0.1) is 12.1 Å². The number of carbonyl (C=O) groups is 2. The molecule has 2 N–H and O–H groups in total. The number of amides is 2. The van der Waals surface area contributed by atoms with Crippen molar-refractivity contribution in [3.05, 3.63) is 88.5 Å². The van der Waals surface area contributed by atoms with Crippen LogP contribution in [0.15, 0.2) is 65.7 Å². The number of piperazine rings is 1. The summed E-state index contributed by atoms with van der Waals surface area (Å²) in [6, 6.07) is 16.9. The van der Waals surface area contributed by atoms with Crippen LogP contribution >= 0.6 is 0 Å². The van der Waals surface area contributed by atoms with Crippen LogP contribution in [0.3, 0.4) is 0 Å². The van der Waals surface area contributed by atoms with Gasteiger partial charge in [-0.05, 0) is 72.0 Å². The highest BCUT2D eigenvalue weighted by Crippen LogP contribution is 2.35. The van der Waals surface area contributed by atoms with Crippen molar-refractivity contribution in [1.82, 2.24) is 15.1 Å².